The van der Waals surface area contributed by atoms with Crippen LogP contribution in [0.1, 0.15) is 25.5 Å². The van der Waals surface area contributed by atoms with Crippen molar-refractivity contribution in [2.45, 2.75) is 19.9 Å². The van der Waals surface area contributed by atoms with Gasteiger partial charge in [0, 0.05) is 27.9 Å². The van der Waals surface area contributed by atoms with E-state index in [1.807, 2.05) is 23.6 Å². The summed E-state index contributed by atoms with van der Waals surface area (Å²) in [5.41, 5.74) is 3.53. The maximum atomic E-state index is 12.3. The highest BCUT2D eigenvalue weighted by Gasteiger charge is 2.15. The number of nitrogens with one attached hydrogen (secondary N) is 2. The number of aromatic nitrogens is 1. The van der Waals surface area contributed by atoms with Gasteiger partial charge in [-0.25, -0.2) is 0 Å². The van der Waals surface area contributed by atoms with Crippen LogP contribution in [0.5, 0.6) is 5.75 Å². The highest BCUT2D eigenvalue weighted by atomic mass is 32.1. The molecule has 4 aromatic rings. The molecule has 0 aliphatic carbocycles. The molecule has 0 radical (unpaired) electrons. The molecule has 0 fully saturated rings. The molecule has 2 heterocycles. The van der Waals surface area contributed by atoms with E-state index in [2.05, 4.69) is 36.3 Å². The number of benzene rings is 2. The number of hydrogen-bond donors (Lipinski definition) is 3. The van der Waals surface area contributed by atoms with Gasteiger partial charge in [-0.05, 0) is 48.2 Å². The summed E-state index contributed by atoms with van der Waals surface area (Å²) < 4.78 is 0.682. The third kappa shape index (κ3) is 2.69. The molecule has 4 nitrogen and oxygen atoms in total. The van der Waals surface area contributed by atoms with Crippen molar-refractivity contribution < 1.29 is 5.11 Å². The zero-order chi connectivity index (χ0) is 18.3. The Morgan fingerprint density at radius 2 is 1.92 bits per heavy atom. The van der Waals surface area contributed by atoms with Gasteiger partial charge in [0.05, 0.1) is 0 Å². The number of phenols is 1. The van der Waals surface area contributed by atoms with Crippen LogP contribution in [-0.2, 0) is 0 Å². The van der Waals surface area contributed by atoms with Gasteiger partial charge in [-0.2, -0.15) is 0 Å². The quantitative estimate of drug-likeness (QED) is 0.488. The predicted octanol–water partition coefficient (Wildman–Crippen LogP) is 4.79. The molecule has 0 spiro atoms. The summed E-state index contributed by atoms with van der Waals surface area (Å²) >= 11 is 1.42. The van der Waals surface area contributed by atoms with Crippen LogP contribution >= 0.6 is 11.3 Å². The van der Waals surface area contributed by atoms with E-state index in [0.29, 0.717) is 4.70 Å². The van der Waals surface area contributed by atoms with Crippen LogP contribution in [0.25, 0.3) is 32.1 Å². The highest BCUT2D eigenvalue weighted by molar-refractivity contribution is 7.17. The number of H-pyrrole nitrogens is 1. The Bertz CT molecular complexity index is 1140. The molecule has 0 amide bonds. The second-order valence-electron chi connectivity index (χ2n) is 6.40. The lowest BCUT2D eigenvalue weighted by Gasteiger charge is -2.15. The molecule has 3 N–H and O–H groups in total. The lowest BCUT2D eigenvalue weighted by molar-refractivity contribution is 0.478. The Morgan fingerprint density at radius 1 is 1.15 bits per heavy atom. The van der Waals surface area contributed by atoms with E-state index in [1.165, 1.54) is 16.9 Å². The van der Waals surface area contributed by atoms with E-state index in [1.54, 1.807) is 12.1 Å². The molecule has 0 bridgehead atoms. The van der Waals surface area contributed by atoms with E-state index in [9.17, 15) is 9.90 Å². The first kappa shape index (κ1) is 16.8. The summed E-state index contributed by atoms with van der Waals surface area (Å²) in [6.45, 7) is 5.13. The van der Waals surface area contributed by atoms with Crippen LogP contribution in [0.3, 0.4) is 0 Å². The number of rotatable bonds is 4. The van der Waals surface area contributed by atoms with Crippen molar-refractivity contribution in [3.63, 3.8) is 0 Å². The van der Waals surface area contributed by atoms with Gasteiger partial charge in [0.1, 0.15) is 10.4 Å². The fourth-order valence-electron chi connectivity index (χ4n) is 3.49. The largest absolute Gasteiger partial charge is 0.507 e. The molecule has 0 saturated heterocycles. The number of hydrogen-bond acceptors (Lipinski definition) is 4. The molecular formula is C21H20N2O2S. The monoisotopic (exact) mass is 364 g/mol. The SMILES string of the molecule is CCNC(C)c1ccc(-c2c(O)ccc3[nH]c(=O)c4sccc4c23)cc1. The van der Waals surface area contributed by atoms with Crippen molar-refractivity contribution in [1.82, 2.24) is 10.3 Å². The molecule has 5 heteroatoms. The van der Waals surface area contributed by atoms with E-state index in [-0.39, 0.29) is 17.4 Å². The van der Waals surface area contributed by atoms with Crippen LogP contribution in [0.4, 0.5) is 0 Å². The maximum absolute atomic E-state index is 12.3. The van der Waals surface area contributed by atoms with Crippen molar-refractivity contribution in [1.29, 1.82) is 0 Å². The molecule has 1 atom stereocenters. The number of thiophene rings is 1. The molecule has 0 aliphatic heterocycles. The number of fused-ring (bicyclic) bond motifs is 3. The summed E-state index contributed by atoms with van der Waals surface area (Å²) in [6.07, 6.45) is 0. The van der Waals surface area contributed by atoms with Gasteiger partial charge < -0.3 is 15.4 Å². The van der Waals surface area contributed by atoms with Crippen LogP contribution in [0.15, 0.2) is 52.6 Å². The van der Waals surface area contributed by atoms with Gasteiger partial charge in [0.15, 0.2) is 0 Å². The Labute approximate surface area is 155 Å². The molecule has 1 unspecified atom stereocenters. The predicted molar refractivity (Wildman–Crippen MR) is 109 cm³/mol. The fraction of sp³-hybridized carbons (Fsp3) is 0.190. The molecule has 2 aromatic carbocycles. The smallest absolute Gasteiger partial charge is 0.266 e. The van der Waals surface area contributed by atoms with E-state index >= 15 is 0 Å². The van der Waals surface area contributed by atoms with Gasteiger partial charge in [0.2, 0.25) is 0 Å². The minimum absolute atomic E-state index is 0.0889. The lowest BCUT2D eigenvalue weighted by atomic mass is 9.95. The summed E-state index contributed by atoms with van der Waals surface area (Å²) in [5.74, 6) is 0.213. The van der Waals surface area contributed by atoms with Crippen LogP contribution < -0.4 is 10.9 Å². The van der Waals surface area contributed by atoms with Crippen molar-refractivity contribution >= 4 is 32.3 Å². The minimum atomic E-state index is -0.0889. The zero-order valence-electron chi connectivity index (χ0n) is 14.7. The number of phenolic OH excluding ortho intramolecular Hbond substituents is 1. The van der Waals surface area contributed by atoms with Crippen molar-refractivity contribution in [2.75, 3.05) is 6.54 Å². The van der Waals surface area contributed by atoms with Crippen molar-refractivity contribution in [3.8, 4) is 16.9 Å². The first-order chi connectivity index (χ1) is 12.6. The Hall–Kier alpha value is -2.63. The third-order valence-electron chi connectivity index (χ3n) is 4.78. The standard InChI is InChI=1S/C21H20N2O2S/c1-3-22-12(2)13-4-6-14(7-5-13)18-17(24)9-8-16-19(18)15-10-11-26-20(15)21(25)23-16/h4-12,22,24H,3H2,1-2H3,(H,23,25). The second kappa shape index (κ2) is 6.59. The topological polar surface area (TPSA) is 65.1 Å². The summed E-state index contributed by atoms with van der Waals surface area (Å²) in [4.78, 5) is 15.2. The van der Waals surface area contributed by atoms with Gasteiger partial charge in [-0.1, -0.05) is 31.2 Å². The first-order valence-electron chi connectivity index (χ1n) is 8.69. The summed E-state index contributed by atoms with van der Waals surface area (Å²) in [5, 5.41) is 17.7. The average Bonchev–Trinajstić information content (AvgIpc) is 3.13. The number of aromatic amines is 1. The summed E-state index contributed by atoms with van der Waals surface area (Å²) in [7, 11) is 0. The molecule has 4 rings (SSSR count). The second-order valence-corrected chi connectivity index (χ2v) is 7.32. The Balaban J connectivity index is 1.95. The van der Waals surface area contributed by atoms with Crippen molar-refractivity contribution in [2.24, 2.45) is 0 Å². The normalized spacial score (nSPS) is 12.7. The molecular weight excluding hydrogens is 344 g/mol. The average molecular weight is 364 g/mol. The number of aromatic hydroxyl groups is 1. The molecule has 2 aromatic heterocycles. The van der Waals surface area contributed by atoms with E-state index in [0.717, 1.165) is 34.0 Å². The Kier molecular flexibility index (Phi) is 4.26. The molecule has 0 aliphatic rings. The van der Waals surface area contributed by atoms with Gasteiger partial charge in [-0.15, -0.1) is 11.3 Å². The zero-order valence-corrected chi connectivity index (χ0v) is 15.5. The minimum Gasteiger partial charge on any atom is -0.507 e. The van der Waals surface area contributed by atoms with E-state index < -0.39 is 0 Å². The van der Waals surface area contributed by atoms with Gasteiger partial charge in [0.25, 0.3) is 5.56 Å². The summed E-state index contributed by atoms with van der Waals surface area (Å²) in [6, 6.07) is 13.8. The van der Waals surface area contributed by atoms with Gasteiger partial charge >= 0.3 is 0 Å². The van der Waals surface area contributed by atoms with E-state index in [4.69, 9.17) is 0 Å². The van der Waals surface area contributed by atoms with Crippen LogP contribution in [0, 0.1) is 0 Å². The van der Waals surface area contributed by atoms with Crippen LogP contribution in [-0.4, -0.2) is 16.6 Å². The molecule has 0 saturated carbocycles. The molecule has 26 heavy (non-hydrogen) atoms. The Morgan fingerprint density at radius 3 is 2.65 bits per heavy atom. The van der Waals surface area contributed by atoms with Crippen LogP contribution in [0.2, 0.25) is 0 Å². The maximum Gasteiger partial charge on any atom is 0.266 e. The third-order valence-corrected chi connectivity index (χ3v) is 5.70. The van der Waals surface area contributed by atoms with Crippen molar-refractivity contribution in [3.05, 3.63) is 63.8 Å². The van der Waals surface area contributed by atoms with Gasteiger partial charge in [-0.3, -0.25) is 4.79 Å². The molecule has 132 valence electrons. The fourth-order valence-corrected chi connectivity index (χ4v) is 4.29. The first-order valence-corrected chi connectivity index (χ1v) is 9.57. The highest BCUT2D eigenvalue weighted by Crippen LogP contribution is 2.39. The number of pyridine rings is 1. The lowest BCUT2D eigenvalue weighted by Crippen LogP contribution is -2.17.